The Hall–Kier alpha value is -4.68. The van der Waals surface area contributed by atoms with Gasteiger partial charge in [-0.25, -0.2) is 32.9 Å². The molecular formula is C32H34ClF5N10O3. The minimum Gasteiger partial charge on any atom is -0.447 e. The van der Waals surface area contributed by atoms with Gasteiger partial charge in [-0.05, 0) is 60.1 Å². The predicted octanol–water partition coefficient (Wildman–Crippen LogP) is 5.31. The highest BCUT2D eigenvalue weighted by Gasteiger charge is 2.64. The molecule has 1 aliphatic heterocycles. The molecule has 2 fully saturated rings. The van der Waals surface area contributed by atoms with E-state index >= 15 is 0 Å². The van der Waals surface area contributed by atoms with E-state index in [4.69, 9.17) is 22.1 Å². The number of carbonyl (C=O) groups is 2. The number of ether oxygens (including phenoxy) is 1. The van der Waals surface area contributed by atoms with Crippen LogP contribution in [0.5, 0.6) is 0 Å². The van der Waals surface area contributed by atoms with Crippen molar-refractivity contribution < 1.29 is 36.3 Å². The topological polar surface area (TPSA) is 158 Å². The molecule has 4 aromatic rings. The second-order valence-electron chi connectivity index (χ2n) is 13.7. The Bertz CT molecular complexity index is 1890. The number of nitrogens with two attached hydrogens (primary N) is 1. The second kappa shape index (κ2) is 13.1. The van der Waals surface area contributed by atoms with Crippen LogP contribution < -0.4 is 16.4 Å². The molecule has 6 rings (SSSR count). The Labute approximate surface area is 293 Å². The number of alkyl carbamates (subject to hydrolysis) is 1. The van der Waals surface area contributed by atoms with Crippen LogP contribution in [0.4, 0.5) is 26.7 Å². The molecule has 2 aliphatic rings. The SMILES string of the molecule is CC(C)(C)C[C@]1(c2ccc(-n3cncn3)cc2)NC(N)N([C@H](COC(=O)NC2(C(F)(F)F)CC2)c2ccc(Cl)c(-n3ncnc3C(F)F)c2)C1=O. The Kier molecular flexibility index (Phi) is 9.30. The van der Waals surface area contributed by atoms with Crippen molar-refractivity contribution in [2.24, 2.45) is 11.1 Å². The van der Waals surface area contributed by atoms with E-state index in [1.165, 1.54) is 40.4 Å². The highest BCUT2D eigenvalue weighted by Crippen LogP contribution is 2.49. The van der Waals surface area contributed by atoms with Gasteiger partial charge in [0.05, 0.1) is 22.4 Å². The van der Waals surface area contributed by atoms with Gasteiger partial charge in [-0.3, -0.25) is 15.8 Å². The number of aromatic nitrogens is 6. The van der Waals surface area contributed by atoms with Gasteiger partial charge in [-0.15, -0.1) is 0 Å². The van der Waals surface area contributed by atoms with E-state index in [9.17, 15) is 31.5 Å². The lowest BCUT2D eigenvalue weighted by molar-refractivity contribution is -0.164. The molecule has 13 nitrogen and oxygen atoms in total. The van der Waals surface area contributed by atoms with Gasteiger partial charge in [-0.2, -0.15) is 23.4 Å². The van der Waals surface area contributed by atoms with Crippen molar-refractivity contribution in [3.05, 3.63) is 83.4 Å². The first-order chi connectivity index (χ1) is 23.9. The average Bonchev–Trinajstić information content (AvgIpc) is 3.38. The number of alkyl halides is 5. The zero-order valence-electron chi connectivity index (χ0n) is 27.5. The Balaban J connectivity index is 1.40. The van der Waals surface area contributed by atoms with Crippen LogP contribution in [0.2, 0.25) is 5.02 Å². The molecule has 1 aliphatic carbocycles. The Morgan fingerprint density at radius 2 is 1.82 bits per heavy atom. The molecule has 2 amide bonds. The lowest BCUT2D eigenvalue weighted by atomic mass is 9.75. The summed E-state index contributed by atoms with van der Waals surface area (Å²) in [6.45, 7) is 5.14. The molecule has 0 bridgehead atoms. The molecule has 1 unspecified atom stereocenters. The standard InChI is InChI=1S/C32H34ClF5N10O3/c1-29(2,3)14-31(19-5-7-20(8-6-19)46-17-40-15-42-46)26(49)47(27(39)44-31)23(13-51-28(50)45-30(10-11-30)32(36,37)38)18-4-9-21(33)22(12-18)48-25(24(34)35)41-16-43-48/h4-9,12,15-17,23-24,27,44H,10-11,13-14,39H2,1-3H3,(H,45,50)/t23-,27?,31-/m1/s1. The predicted molar refractivity (Wildman–Crippen MR) is 172 cm³/mol. The van der Waals surface area contributed by atoms with E-state index in [2.05, 4.69) is 25.5 Å². The number of benzene rings is 2. The third kappa shape index (κ3) is 6.99. The number of hydrogen-bond acceptors (Lipinski definition) is 9. The molecule has 272 valence electrons. The van der Waals surface area contributed by atoms with Crippen molar-refractivity contribution in [1.29, 1.82) is 0 Å². The molecule has 2 aromatic carbocycles. The van der Waals surface area contributed by atoms with E-state index in [-0.39, 0.29) is 35.5 Å². The zero-order chi connectivity index (χ0) is 36.9. The Morgan fingerprint density at radius 3 is 2.41 bits per heavy atom. The molecule has 1 saturated heterocycles. The number of hydrogen-bond donors (Lipinski definition) is 3. The minimum atomic E-state index is -4.70. The van der Waals surface area contributed by atoms with E-state index in [1.54, 1.807) is 24.3 Å². The first-order valence-electron chi connectivity index (χ1n) is 15.8. The molecule has 2 aromatic heterocycles. The minimum absolute atomic E-state index is 0.00543. The molecule has 4 N–H and O–H groups in total. The summed E-state index contributed by atoms with van der Waals surface area (Å²) < 4.78 is 76.2. The van der Waals surface area contributed by atoms with Gasteiger partial charge in [0.2, 0.25) is 0 Å². The van der Waals surface area contributed by atoms with Crippen molar-refractivity contribution in [2.75, 3.05) is 6.61 Å². The van der Waals surface area contributed by atoms with E-state index in [1.807, 2.05) is 26.1 Å². The Morgan fingerprint density at radius 1 is 1.12 bits per heavy atom. The van der Waals surface area contributed by atoms with Crippen LogP contribution in [-0.4, -0.2) is 71.0 Å². The number of rotatable bonds is 10. The first kappa shape index (κ1) is 36.1. The molecule has 3 atom stereocenters. The summed E-state index contributed by atoms with van der Waals surface area (Å²) >= 11 is 6.42. The van der Waals surface area contributed by atoms with Gasteiger partial charge in [0.15, 0.2) is 5.82 Å². The van der Waals surface area contributed by atoms with Crippen molar-refractivity contribution in [2.45, 2.75) is 76.0 Å². The monoisotopic (exact) mass is 736 g/mol. The molecule has 51 heavy (non-hydrogen) atoms. The molecule has 3 heterocycles. The number of amides is 2. The van der Waals surface area contributed by atoms with Gasteiger partial charge in [0.1, 0.15) is 43.0 Å². The highest BCUT2D eigenvalue weighted by molar-refractivity contribution is 6.32. The molecule has 1 saturated carbocycles. The van der Waals surface area contributed by atoms with Crippen molar-refractivity contribution in [3.8, 4) is 11.4 Å². The zero-order valence-corrected chi connectivity index (χ0v) is 28.3. The fraction of sp³-hybridized carbons (Fsp3) is 0.438. The highest BCUT2D eigenvalue weighted by atomic mass is 35.5. The van der Waals surface area contributed by atoms with E-state index in [0.29, 0.717) is 11.3 Å². The van der Waals surface area contributed by atoms with Gasteiger partial charge in [-0.1, -0.05) is 50.6 Å². The number of nitrogens with zero attached hydrogens (tertiary/aromatic N) is 7. The average molecular weight is 737 g/mol. The van der Waals surface area contributed by atoms with Crippen molar-refractivity contribution in [3.63, 3.8) is 0 Å². The van der Waals surface area contributed by atoms with Crippen LogP contribution in [0.3, 0.4) is 0 Å². The van der Waals surface area contributed by atoms with E-state index < -0.39 is 65.9 Å². The number of nitrogens with one attached hydrogen (secondary N) is 2. The van der Waals surface area contributed by atoms with Gasteiger partial charge < -0.3 is 15.0 Å². The molecular weight excluding hydrogens is 703 g/mol. The lowest BCUT2D eigenvalue weighted by Crippen LogP contribution is -2.50. The maximum Gasteiger partial charge on any atom is 0.411 e. The lowest BCUT2D eigenvalue weighted by Gasteiger charge is -2.35. The van der Waals surface area contributed by atoms with Crippen LogP contribution >= 0.6 is 11.6 Å². The summed E-state index contributed by atoms with van der Waals surface area (Å²) in [4.78, 5) is 36.5. The summed E-state index contributed by atoms with van der Waals surface area (Å²) in [5, 5.41) is 13.2. The normalized spacial score (nSPS) is 20.9. The van der Waals surface area contributed by atoms with E-state index in [0.717, 1.165) is 11.0 Å². The summed E-state index contributed by atoms with van der Waals surface area (Å²) in [6, 6.07) is 9.91. The van der Waals surface area contributed by atoms with Crippen LogP contribution in [0.15, 0.2) is 61.4 Å². The third-order valence-electron chi connectivity index (χ3n) is 8.83. The summed E-state index contributed by atoms with van der Waals surface area (Å²) in [5.41, 5.74) is 3.74. The van der Waals surface area contributed by atoms with Crippen LogP contribution in [0, 0.1) is 5.41 Å². The fourth-order valence-corrected chi connectivity index (χ4v) is 6.55. The largest absolute Gasteiger partial charge is 0.447 e. The smallest absolute Gasteiger partial charge is 0.411 e. The second-order valence-corrected chi connectivity index (χ2v) is 14.1. The first-order valence-corrected chi connectivity index (χ1v) is 16.1. The summed E-state index contributed by atoms with van der Waals surface area (Å²) in [6.07, 6.45) is -6.90. The van der Waals surface area contributed by atoms with Crippen molar-refractivity contribution in [1.82, 2.24) is 45.1 Å². The van der Waals surface area contributed by atoms with Crippen LogP contribution in [0.1, 0.15) is 69.5 Å². The van der Waals surface area contributed by atoms with Gasteiger partial charge in [0, 0.05) is 0 Å². The molecule has 19 heteroatoms. The fourth-order valence-electron chi connectivity index (χ4n) is 6.35. The quantitative estimate of drug-likeness (QED) is 0.184. The van der Waals surface area contributed by atoms with Crippen molar-refractivity contribution >= 4 is 23.6 Å². The maximum absolute atomic E-state index is 14.9. The molecule has 0 radical (unpaired) electrons. The van der Waals surface area contributed by atoms with Gasteiger partial charge >= 0.3 is 12.3 Å². The van der Waals surface area contributed by atoms with Crippen LogP contribution in [-0.2, 0) is 15.1 Å². The summed E-state index contributed by atoms with van der Waals surface area (Å²) in [5.74, 6) is -1.25. The van der Waals surface area contributed by atoms with Crippen LogP contribution in [0.25, 0.3) is 11.4 Å². The number of carbonyl (C=O) groups excluding carboxylic acids is 2. The third-order valence-corrected chi connectivity index (χ3v) is 9.15. The summed E-state index contributed by atoms with van der Waals surface area (Å²) in [7, 11) is 0. The number of halogens is 6. The molecule has 0 spiro atoms. The maximum atomic E-state index is 14.9. The van der Waals surface area contributed by atoms with Gasteiger partial charge in [0.25, 0.3) is 12.3 Å².